The number of amides is 2. The number of benzene rings is 1. The van der Waals surface area contributed by atoms with Crippen molar-refractivity contribution in [3.63, 3.8) is 0 Å². The first-order valence-corrected chi connectivity index (χ1v) is 7.41. The molecule has 8 nitrogen and oxygen atoms in total. The summed E-state index contributed by atoms with van der Waals surface area (Å²) in [6, 6.07) is 9.05. The van der Waals surface area contributed by atoms with Crippen LogP contribution in [0, 0.1) is 10.1 Å². The Labute approximate surface area is 135 Å². The van der Waals surface area contributed by atoms with Crippen molar-refractivity contribution >= 4 is 28.8 Å². The number of hydrogen-bond donors (Lipinski definition) is 2. The number of rotatable bonds is 5. The van der Waals surface area contributed by atoms with E-state index in [-0.39, 0.29) is 11.4 Å². The Bertz CT molecular complexity index is 717. The third-order valence-electron chi connectivity index (χ3n) is 2.78. The smallest absolute Gasteiger partial charge is 0.310 e. The summed E-state index contributed by atoms with van der Waals surface area (Å²) in [5.41, 5.74) is 4.22. The summed E-state index contributed by atoms with van der Waals surface area (Å²) in [5.74, 6) is -1.11. The van der Waals surface area contributed by atoms with Gasteiger partial charge in [-0.05, 0) is 24.4 Å². The number of ether oxygens (including phenoxy) is 1. The minimum Gasteiger partial charge on any atom is -0.474 e. The molecule has 0 aliphatic rings. The molecule has 0 unspecified atom stereocenters. The van der Waals surface area contributed by atoms with Gasteiger partial charge in [-0.1, -0.05) is 18.2 Å². The predicted molar refractivity (Wildman–Crippen MR) is 83.1 cm³/mol. The first-order valence-electron chi connectivity index (χ1n) is 6.53. The first kappa shape index (κ1) is 16.4. The lowest BCUT2D eigenvalue weighted by molar-refractivity contribution is -0.386. The van der Waals surface area contributed by atoms with Crippen LogP contribution in [0.3, 0.4) is 0 Å². The van der Waals surface area contributed by atoms with Crippen molar-refractivity contribution in [2.45, 2.75) is 13.0 Å². The van der Waals surface area contributed by atoms with E-state index in [1.165, 1.54) is 36.5 Å². The van der Waals surface area contributed by atoms with Crippen molar-refractivity contribution in [3.05, 3.63) is 56.8 Å². The predicted octanol–water partition coefficient (Wildman–Crippen LogP) is 1.88. The van der Waals surface area contributed by atoms with Crippen molar-refractivity contribution in [2.24, 2.45) is 0 Å². The minimum absolute atomic E-state index is 0.0234. The van der Waals surface area contributed by atoms with Gasteiger partial charge in [-0.15, -0.1) is 11.3 Å². The van der Waals surface area contributed by atoms with E-state index in [9.17, 15) is 19.7 Å². The summed E-state index contributed by atoms with van der Waals surface area (Å²) < 4.78 is 5.29. The summed E-state index contributed by atoms with van der Waals surface area (Å²) >= 11 is 1.23. The number of nitrogens with zero attached hydrogens (tertiary/aromatic N) is 1. The molecule has 0 saturated carbocycles. The van der Waals surface area contributed by atoms with Gasteiger partial charge in [0.15, 0.2) is 11.9 Å². The monoisotopic (exact) mass is 335 g/mol. The van der Waals surface area contributed by atoms with Crippen molar-refractivity contribution in [2.75, 3.05) is 0 Å². The maximum absolute atomic E-state index is 11.9. The average molecular weight is 335 g/mol. The van der Waals surface area contributed by atoms with E-state index in [1.54, 1.807) is 23.6 Å². The van der Waals surface area contributed by atoms with Gasteiger partial charge in [-0.25, -0.2) is 0 Å². The second-order valence-electron chi connectivity index (χ2n) is 4.41. The van der Waals surface area contributed by atoms with E-state index < -0.39 is 22.8 Å². The molecule has 0 bridgehead atoms. The Balaban J connectivity index is 1.93. The minimum atomic E-state index is -1.03. The van der Waals surface area contributed by atoms with Crippen LogP contribution in [0.5, 0.6) is 5.75 Å². The standard InChI is InChI=1S/C14H13N3O5S/c1-9(22-11-6-3-2-5-10(11)17(20)21)13(18)15-16-14(19)12-7-4-8-23-12/h2-9H,1H3,(H,15,18)(H,16,19)/t9-/m0/s1. The summed E-state index contributed by atoms with van der Waals surface area (Å²) in [6.07, 6.45) is -1.03. The van der Waals surface area contributed by atoms with E-state index in [0.717, 1.165) is 0 Å². The molecular weight excluding hydrogens is 322 g/mol. The van der Waals surface area contributed by atoms with Crippen LogP contribution in [0.2, 0.25) is 0 Å². The van der Waals surface area contributed by atoms with Crippen LogP contribution in [0.4, 0.5) is 5.69 Å². The molecule has 120 valence electrons. The van der Waals surface area contributed by atoms with Gasteiger partial charge in [0.2, 0.25) is 0 Å². The molecule has 2 aromatic rings. The maximum Gasteiger partial charge on any atom is 0.310 e. The van der Waals surface area contributed by atoms with E-state index >= 15 is 0 Å². The van der Waals surface area contributed by atoms with Crippen LogP contribution in [0.25, 0.3) is 0 Å². The molecule has 0 aliphatic heterocycles. The maximum atomic E-state index is 11.9. The van der Waals surface area contributed by atoms with Crippen molar-refractivity contribution in [1.82, 2.24) is 10.9 Å². The Hall–Kier alpha value is -2.94. The van der Waals surface area contributed by atoms with Gasteiger partial charge in [0, 0.05) is 6.07 Å². The Morgan fingerprint density at radius 1 is 1.22 bits per heavy atom. The van der Waals surface area contributed by atoms with Gasteiger partial charge in [-0.2, -0.15) is 0 Å². The van der Waals surface area contributed by atoms with E-state index in [4.69, 9.17) is 4.74 Å². The number of hydrazine groups is 1. The SMILES string of the molecule is C[C@H](Oc1ccccc1[N+](=O)[O-])C(=O)NNC(=O)c1cccs1. The summed E-state index contributed by atoms with van der Waals surface area (Å²) in [4.78, 5) is 34.3. The molecule has 0 radical (unpaired) electrons. The zero-order valence-electron chi connectivity index (χ0n) is 12.0. The highest BCUT2D eigenvalue weighted by Crippen LogP contribution is 2.26. The lowest BCUT2D eigenvalue weighted by Gasteiger charge is -2.14. The van der Waals surface area contributed by atoms with E-state index in [0.29, 0.717) is 4.88 Å². The second-order valence-corrected chi connectivity index (χ2v) is 5.35. The number of carbonyl (C=O) groups is 2. The van der Waals surface area contributed by atoms with Gasteiger partial charge in [0.1, 0.15) is 0 Å². The van der Waals surface area contributed by atoms with Crippen molar-refractivity contribution in [3.8, 4) is 5.75 Å². The quantitative estimate of drug-likeness (QED) is 0.640. The molecule has 1 heterocycles. The highest BCUT2D eigenvalue weighted by atomic mass is 32.1. The van der Waals surface area contributed by atoms with Crippen LogP contribution in [0.1, 0.15) is 16.6 Å². The van der Waals surface area contributed by atoms with Gasteiger partial charge in [0.25, 0.3) is 11.8 Å². The molecule has 9 heteroatoms. The number of nitro groups is 1. The second kappa shape index (κ2) is 7.36. The summed E-state index contributed by atoms with van der Waals surface area (Å²) in [7, 11) is 0. The molecule has 2 N–H and O–H groups in total. The number of nitrogens with one attached hydrogen (secondary N) is 2. The topological polar surface area (TPSA) is 111 Å². The average Bonchev–Trinajstić information content (AvgIpc) is 3.07. The fourth-order valence-electron chi connectivity index (χ4n) is 1.64. The Morgan fingerprint density at radius 2 is 1.96 bits per heavy atom. The number of nitro benzene ring substituents is 1. The number of para-hydroxylation sites is 2. The van der Waals surface area contributed by atoms with Gasteiger partial charge in [0.05, 0.1) is 9.80 Å². The molecule has 1 atom stereocenters. The lowest BCUT2D eigenvalue weighted by atomic mass is 10.3. The third kappa shape index (κ3) is 4.27. The molecule has 0 aliphatic carbocycles. The molecule has 1 aromatic heterocycles. The highest BCUT2D eigenvalue weighted by molar-refractivity contribution is 7.12. The molecule has 2 amide bonds. The van der Waals surface area contributed by atoms with Gasteiger partial charge in [-0.3, -0.25) is 30.6 Å². The normalized spacial score (nSPS) is 11.3. The van der Waals surface area contributed by atoms with Gasteiger partial charge >= 0.3 is 5.69 Å². The number of thiophene rings is 1. The summed E-state index contributed by atoms with van der Waals surface area (Å²) in [5, 5.41) is 12.6. The molecular formula is C14H13N3O5S. The van der Waals surface area contributed by atoms with Crippen LogP contribution in [-0.2, 0) is 4.79 Å². The van der Waals surface area contributed by atoms with Crippen LogP contribution < -0.4 is 15.6 Å². The molecule has 1 aromatic carbocycles. The number of carbonyl (C=O) groups excluding carboxylic acids is 2. The van der Waals surface area contributed by atoms with Crippen LogP contribution in [-0.4, -0.2) is 22.8 Å². The Morgan fingerprint density at radius 3 is 2.61 bits per heavy atom. The third-order valence-corrected chi connectivity index (χ3v) is 3.65. The zero-order chi connectivity index (χ0) is 16.8. The fourth-order valence-corrected chi connectivity index (χ4v) is 2.26. The van der Waals surface area contributed by atoms with Crippen LogP contribution in [0.15, 0.2) is 41.8 Å². The molecule has 2 rings (SSSR count). The highest BCUT2D eigenvalue weighted by Gasteiger charge is 2.21. The molecule has 0 spiro atoms. The fraction of sp³-hybridized carbons (Fsp3) is 0.143. The molecule has 0 saturated heterocycles. The molecule has 23 heavy (non-hydrogen) atoms. The van der Waals surface area contributed by atoms with Crippen LogP contribution >= 0.6 is 11.3 Å². The number of hydrogen-bond acceptors (Lipinski definition) is 6. The van der Waals surface area contributed by atoms with E-state index in [2.05, 4.69) is 10.9 Å². The first-order chi connectivity index (χ1) is 11.0. The zero-order valence-corrected chi connectivity index (χ0v) is 12.8. The van der Waals surface area contributed by atoms with E-state index in [1.807, 2.05) is 0 Å². The lowest BCUT2D eigenvalue weighted by Crippen LogP contribution is -2.47. The molecule has 0 fully saturated rings. The Kier molecular flexibility index (Phi) is 5.26. The van der Waals surface area contributed by atoms with Gasteiger partial charge < -0.3 is 4.74 Å². The largest absolute Gasteiger partial charge is 0.474 e. The van der Waals surface area contributed by atoms with Crippen molar-refractivity contribution < 1.29 is 19.2 Å². The summed E-state index contributed by atoms with van der Waals surface area (Å²) in [6.45, 7) is 1.42. The van der Waals surface area contributed by atoms with Crippen molar-refractivity contribution in [1.29, 1.82) is 0 Å².